The molecular weight excluding hydrogens is 368 g/mol. The summed E-state index contributed by atoms with van der Waals surface area (Å²) >= 11 is 0. The number of nitrogens with one attached hydrogen (secondary N) is 2. The number of aliphatic hydroxyl groups is 1. The van der Waals surface area contributed by atoms with E-state index in [9.17, 15) is 5.11 Å². The molecule has 1 aliphatic heterocycles. The number of hydrogen-bond acceptors (Lipinski definition) is 5. The van der Waals surface area contributed by atoms with Crippen LogP contribution in [-0.2, 0) is 23.9 Å². The Balaban J connectivity index is 1.68. The Hall–Kier alpha value is -2.58. The monoisotopic (exact) mass is 400 g/mol. The zero-order valence-electron chi connectivity index (χ0n) is 17.6. The van der Waals surface area contributed by atoms with Crippen LogP contribution in [-0.4, -0.2) is 60.2 Å². The van der Waals surface area contributed by atoms with Crippen LogP contribution in [0.3, 0.4) is 0 Å². The maximum Gasteiger partial charge on any atom is 0.191 e. The molecule has 1 fully saturated rings. The minimum absolute atomic E-state index is 0.329. The van der Waals surface area contributed by atoms with Crippen molar-refractivity contribution in [3.63, 3.8) is 0 Å². The van der Waals surface area contributed by atoms with Crippen LogP contribution in [0.1, 0.15) is 25.0 Å². The molecule has 3 rings (SSSR count). The number of para-hydroxylation sites is 1. The quantitative estimate of drug-likeness (QED) is 0.479. The molecule has 1 unspecified atom stereocenters. The lowest BCUT2D eigenvalue weighted by Gasteiger charge is -2.30. The summed E-state index contributed by atoms with van der Waals surface area (Å²) in [6.45, 7) is 8.72. The molecule has 0 amide bonds. The van der Waals surface area contributed by atoms with Gasteiger partial charge in [0, 0.05) is 44.1 Å². The van der Waals surface area contributed by atoms with Gasteiger partial charge in [0.25, 0.3) is 0 Å². The highest BCUT2D eigenvalue weighted by molar-refractivity contribution is 5.80. The van der Waals surface area contributed by atoms with Gasteiger partial charge in [0.15, 0.2) is 5.96 Å². The Bertz CT molecular complexity index is 811. The van der Waals surface area contributed by atoms with Crippen molar-refractivity contribution >= 4 is 11.6 Å². The zero-order chi connectivity index (χ0) is 20.7. The van der Waals surface area contributed by atoms with E-state index in [-0.39, 0.29) is 0 Å². The lowest BCUT2D eigenvalue weighted by molar-refractivity contribution is 0.0616. The van der Waals surface area contributed by atoms with Crippen LogP contribution in [0.25, 0.3) is 0 Å². The van der Waals surface area contributed by atoms with Gasteiger partial charge in [0.1, 0.15) is 5.60 Å². The van der Waals surface area contributed by atoms with Gasteiger partial charge >= 0.3 is 0 Å². The molecule has 0 bridgehead atoms. The van der Waals surface area contributed by atoms with Gasteiger partial charge in [-0.3, -0.25) is 4.68 Å². The average Bonchev–Trinajstić information content (AvgIpc) is 3.18. The second kappa shape index (κ2) is 9.76. The van der Waals surface area contributed by atoms with Crippen LogP contribution < -0.4 is 15.5 Å². The fraction of sp³-hybridized carbons (Fsp3) is 0.524. The highest BCUT2D eigenvalue weighted by Crippen LogP contribution is 2.22. The summed E-state index contributed by atoms with van der Waals surface area (Å²) in [5, 5.41) is 21.5. The Morgan fingerprint density at radius 3 is 2.72 bits per heavy atom. The molecule has 0 aliphatic carbocycles. The molecule has 0 radical (unpaired) electrons. The molecular formula is C21H32N6O2. The standard InChI is InChI=1S/C21H32N6O2/c1-4-22-20(24-16-21(2,28)18-14-25-26(3)15-18)23-13-17-7-5-6-8-19(17)27-9-11-29-12-10-27/h5-8,14-15,28H,4,9-13,16H2,1-3H3,(H2,22,23,24). The molecule has 1 saturated heterocycles. The zero-order valence-corrected chi connectivity index (χ0v) is 17.6. The number of hydrogen-bond donors (Lipinski definition) is 3. The molecule has 1 atom stereocenters. The third-order valence-electron chi connectivity index (χ3n) is 5.02. The summed E-state index contributed by atoms with van der Waals surface area (Å²) in [6.07, 6.45) is 3.51. The molecule has 3 N–H and O–H groups in total. The highest BCUT2D eigenvalue weighted by Gasteiger charge is 2.25. The number of anilines is 1. The lowest BCUT2D eigenvalue weighted by atomic mass is 10.00. The van der Waals surface area contributed by atoms with Crippen LogP contribution in [0.4, 0.5) is 5.69 Å². The molecule has 2 heterocycles. The topological polar surface area (TPSA) is 86.9 Å². The van der Waals surface area contributed by atoms with E-state index >= 15 is 0 Å². The first-order valence-corrected chi connectivity index (χ1v) is 10.1. The van der Waals surface area contributed by atoms with Gasteiger partial charge in [-0.1, -0.05) is 18.2 Å². The number of aliphatic imine (C=N–C) groups is 1. The van der Waals surface area contributed by atoms with Crippen LogP contribution in [0.15, 0.2) is 41.7 Å². The van der Waals surface area contributed by atoms with Gasteiger partial charge in [-0.25, -0.2) is 4.99 Å². The van der Waals surface area contributed by atoms with E-state index in [1.807, 2.05) is 26.2 Å². The normalized spacial score (nSPS) is 17.1. The molecule has 2 aromatic rings. The number of benzene rings is 1. The third kappa shape index (κ3) is 5.71. The first kappa shape index (κ1) is 21.1. The third-order valence-corrected chi connectivity index (χ3v) is 5.02. The minimum atomic E-state index is -1.05. The lowest BCUT2D eigenvalue weighted by Crippen LogP contribution is -2.44. The van der Waals surface area contributed by atoms with Crippen LogP contribution >= 0.6 is 0 Å². The number of aromatic nitrogens is 2. The van der Waals surface area contributed by atoms with E-state index < -0.39 is 5.60 Å². The van der Waals surface area contributed by atoms with E-state index in [2.05, 4.69) is 38.8 Å². The molecule has 29 heavy (non-hydrogen) atoms. The minimum Gasteiger partial charge on any atom is -0.383 e. The van der Waals surface area contributed by atoms with Gasteiger partial charge in [-0.15, -0.1) is 0 Å². The molecule has 0 saturated carbocycles. The van der Waals surface area contributed by atoms with Crippen LogP contribution in [0.5, 0.6) is 0 Å². The molecule has 1 aromatic heterocycles. The van der Waals surface area contributed by atoms with Crippen molar-refractivity contribution in [1.82, 2.24) is 20.4 Å². The van der Waals surface area contributed by atoms with Gasteiger partial charge < -0.3 is 25.4 Å². The average molecular weight is 401 g/mol. The van der Waals surface area contributed by atoms with Gasteiger partial charge in [0.2, 0.25) is 0 Å². The van der Waals surface area contributed by atoms with Gasteiger partial charge in [-0.2, -0.15) is 5.10 Å². The van der Waals surface area contributed by atoms with Crippen LogP contribution in [0.2, 0.25) is 0 Å². The van der Waals surface area contributed by atoms with Crippen molar-refractivity contribution < 1.29 is 9.84 Å². The van der Waals surface area contributed by atoms with E-state index in [4.69, 9.17) is 9.73 Å². The van der Waals surface area contributed by atoms with E-state index in [1.54, 1.807) is 17.8 Å². The highest BCUT2D eigenvalue weighted by atomic mass is 16.5. The Labute approximate surface area is 172 Å². The van der Waals surface area contributed by atoms with Crippen molar-refractivity contribution in [1.29, 1.82) is 0 Å². The predicted molar refractivity (Wildman–Crippen MR) is 115 cm³/mol. The first-order chi connectivity index (χ1) is 14.0. The number of morpholine rings is 1. The number of guanidine groups is 1. The summed E-state index contributed by atoms with van der Waals surface area (Å²) in [6, 6.07) is 8.36. The van der Waals surface area contributed by atoms with E-state index in [0.717, 1.165) is 38.4 Å². The second-order valence-corrected chi connectivity index (χ2v) is 7.45. The van der Waals surface area contributed by atoms with Crippen molar-refractivity contribution in [3.8, 4) is 0 Å². The SMILES string of the molecule is CCNC(=NCc1ccccc1N1CCOCC1)NCC(C)(O)c1cnn(C)c1. The number of aryl methyl sites for hydroxylation is 1. The summed E-state index contributed by atoms with van der Waals surface area (Å²) in [4.78, 5) is 7.09. The summed E-state index contributed by atoms with van der Waals surface area (Å²) in [7, 11) is 1.84. The largest absolute Gasteiger partial charge is 0.383 e. The van der Waals surface area contributed by atoms with Crippen molar-refractivity contribution in [3.05, 3.63) is 47.8 Å². The van der Waals surface area contributed by atoms with Crippen molar-refractivity contribution in [2.75, 3.05) is 44.3 Å². The molecule has 8 heteroatoms. The number of nitrogens with zero attached hydrogens (tertiary/aromatic N) is 4. The summed E-state index contributed by atoms with van der Waals surface area (Å²) in [5.41, 5.74) is 2.10. The Kier molecular flexibility index (Phi) is 7.11. The molecule has 158 valence electrons. The Morgan fingerprint density at radius 1 is 1.28 bits per heavy atom. The summed E-state index contributed by atoms with van der Waals surface area (Å²) < 4.78 is 7.16. The van der Waals surface area contributed by atoms with Crippen molar-refractivity contribution in [2.45, 2.75) is 26.0 Å². The molecule has 1 aliphatic rings. The smallest absolute Gasteiger partial charge is 0.191 e. The van der Waals surface area contributed by atoms with E-state index in [0.29, 0.717) is 19.0 Å². The first-order valence-electron chi connectivity index (χ1n) is 10.1. The maximum absolute atomic E-state index is 10.8. The molecule has 8 nitrogen and oxygen atoms in total. The fourth-order valence-electron chi connectivity index (χ4n) is 3.32. The van der Waals surface area contributed by atoms with Crippen LogP contribution in [0, 0.1) is 0 Å². The number of ether oxygens (including phenoxy) is 1. The maximum atomic E-state index is 10.8. The molecule has 1 aromatic carbocycles. The van der Waals surface area contributed by atoms with Gasteiger partial charge in [-0.05, 0) is 25.5 Å². The van der Waals surface area contributed by atoms with Crippen molar-refractivity contribution in [2.24, 2.45) is 12.0 Å². The fourth-order valence-corrected chi connectivity index (χ4v) is 3.32. The summed E-state index contributed by atoms with van der Waals surface area (Å²) in [5.74, 6) is 0.674. The number of rotatable bonds is 7. The van der Waals surface area contributed by atoms with Gasteiger partial charge in [0.05, 0.1) is 32.5 Å². The Morgan fingerprint density at radius 2 is 2.03 bits per heavy atom. The predicted octanol–water partition coefficient (Wildman–Crippen LogP) is 1.22. The second-order valence-electron chi connectivity index (χ2n) is 7.45. The van der Waals surface area contributed by atoms with E-state index in [1.165, 1.54) is 11.3 Å². The molecule has 0 spiro atoms.